The molecule has 0 saturated heterocycles. The van der Waals surface area contributed by atoms with E-state index in [0.717, 1.165) is 11.6 Å². The van der Waals surface area contributed by atoms with E-state index in [-0.39, 0.29) is 5.82 Å². The number of hydrogen-bond acceptors (Lipinski definition) is 4. The van der Waals surface area contributed by atoms with Crippen LogP contribution in [-0.2, 0) is 0 Å². The van der Waals surface area contributed by atoms with Gasteiger partial charge in [0.1, 0.15) is 0 Å². The quantitative estimate of drug-likeness (QED) is 0.674. The van der Waals surface area contributed by atoms with Crippen LogP contribution < -0.4 is 0 Å². The number of nitro groups is 1. The number of aromatic nitrogens is 4. The van der Waals surface area contributed by atoms with E-state index >= 15 is 0 Å². The second kappa shape index (κ2) is 9.68. The number of hydrogen-bond donors (Lipinski definition) is 1. The van der Waals surface area contributed by atoms with Crippen molar-refractivity contribution in [1.82, 2.24) is 20.0 Å². The van der Waals surface area contributed by atoms with E-state index in [2.05, 4.69) is 49.9 Å². The van der Waals surface area contributed by atoms with Crippen LogP contribution in [0.25, 0.3) is 0 Å². The van der Waals surface area contributed by atoms with Gasteiger partial charge in [-0.2, -0.15) is 5.10 Å². The standard InChI is InChI=1S/C7H12N2.C4H10.C3H3N3O2/c1-6(2)9-5-4-7(3)8-9;1-4(2)3;7-6(8)3-1-2-4-5-3/h4-6H,1-3H3;4H,1-3H3;1-2H,(H,4,5). The fraction of sp³-hybridized carbons (Fsp3) is 0.571. The van der Waals surface area contributed by atoms with Crippen LogP contribution in [0.2, 0.25) is 0 Å². The lowest BCUT2D eigenvalue weighted by Gasteiger charge is -2.02. The summed E-state index contributed by atoms with van der Waals surface area (Å²) in [7, 11) is 0. The summed E-state index contributed by atoms with van der Waals surface area (Å²) in [6.07, 6.45) is 3.33. The summed E-state index contributed by atoms with van der Waals surface area (Å²) in [6, 6.07) is 3.79. The molecule has 2 rings (SSSR count). The summed E-state index contributed by atoms with van der Waals surface area (Å²) < 4.78 is 1.95. The number of H-pyrrole nitrogens is 1. The zero-order chi connectivity index (χ0) is 16.4. The average Bonchev–Trinajstić information content (AvgIpc) is 2.98. The van der Waals surface area contributed by atoms with Crippen molar-refractivity contribution in [2.24, 2.45) is 5.92 Å². The molecule has 2 aromatic rings. The molecular weight excluding hydrogens is 270 g/mol. The average molecular weight is 295 g/mol. The Labute approximate surface area is 125 Å². The van der Waals surface area contributed by atoms with Crippen molar-refractivity contribution in [3.05, 3.63) is 40.3 Å². The maximum Gasteiger partial charge on any atom is 0.342 e. The van der Waals surface area contributed by atoms with Gasteiger partial charge in [0.25, 0.3) is 0 Å². The predicted octanol–water partition coefficient (Wildman–Crippen LogP) is 3.75. The Kier molecular flexibility index (Phi) is 8.68. The minimum Gasteiger partial charge on any atom is -0.358 e. The Morgan fingerprint density at radius 3 is 2.00 bits per heavy atom. The number of nitrogens with one attached hydrogen (secondary N) is 1. The van der Waals surface area contributed by atoms with E-state index in [9.17, 15) is 10.1 Å². The van der Waals surface area contributed by atoms with E-state index in [1.807, 2.05) is 23.9 Å². The molecule has 0 atom stereocenters. The Morgan fingerprint density at radius 1 is 1.24 bits per heavy atom. The highest BCUT2D eigenvalue weighted by Crippen LogP contribution is 2.02. The highest BCUT2D eigenvalue weighted by molar-refractivity contribution is 5.12. The summed E-state index contributed by atoms with van der Waals surface area (Å²) in [4.78, 5) is 9.26. The van der Waals surface area contributed by atoms with Gasteiger partial charge in [-0.25, -0.2) is 0 Å². The first-order valence-corrected chi connectivity index (χ1v) is 6.89. The van der Waals surface area contributed by atoms with E-state index in [1.165, 1.54) is 12.3 Å². The molecule has 0 unspecified atom stereocenters. The summed E-state index contributed by atoms with van der Waals surface area (Å²) in [6.45, 7) is 12.7. The summed E-state index contributed by atoms with van der Waals surface area (Å²) in [5.74, 6) is 0.755. The summed E-state index contributed by atoms with van der Waals surface area (Å²) in [5.41, 5.74) is 1.09. The van der Waals surface area contributed by atoms with Crippen LogP contribution in [0.1, 0.15) is 46.4 Å². The maximum absolute atomic E-state index is 9.80. The van der Waals surface area contributed by atoms with Gasteiger partial charge < -0.3 is 10.1 Å². The lowest BCUT2D eigenvalue weighted by atomic mass is 10.3. The fourth-order valence-corrected chi connectivity index (χ4v) is 1.07. The van der Waals surface area contributed by atoms with Gasteiger partial charge in [-0.3, -0.25) is 4.68 Å². The predicted molar refractivity (Wildman–Crippen MR) is 83.1 cm³/mol. The first-order chi connectivity index (χ1) is 9.73. The van der Waals surface area contributed by atoms with E-state index < -0.39 is 4.92 Å². The summed E-state index contributed by atoms with van der Waals surface area (Å²) in [5, 5.41) is 19.6. The van der Waals surface area contributed by atoms with Gasteiger partial charge in [-0.05, 0) is 37.7 Å². The molecule has 0 aromatic carbocycles. The van der Waals surface area contributed by atoms with Crippen LogP contribution >= 0.6 is 0 Å². The molecule has 0 aliphatic carbocycles. The smallest absolute Gasteiger partial charge is 0.342 e. The zero-order valence-electron chi connectivity index (χ0n) is 13.6. The monoisotopic (exact) mass is 295 g/mol. The third-order valence-corrected chi connectivity index (χ3v) is 1.95. The van der Waals surface area contributed by atoms with Crippen molar-refractivity contribution >= 4 is 5.82 Å². The number of nitrogens with zero attached hydrogens (tertiary/aromatic N) is 4. The van der Waals surface area contributed by atoms with Gasteiger partial charge in [0, 0.05) is 12.2 Å². The Bertz CT molecular complexity index is 500. The molecule has 7 heteroatoms. The Hall–Kier alpha value is -2.18. The van der Waals surface area contributed by atoms with Crippen LogP contribution in [0.5, 0.6) is 0 Å². The van der Waals surface area contributed by atoms with Crippen LogP contribution in [0, 0.1) is 23.0 Å². The van der Waals surface area contributed by atoms with Gasteiger partial charge in [0.15, 0.2) is 0 Å². The third-order valence-electron chi connectivity index (χ3n) is 1.95. The van der Waals surface area contributed by atoms with Crippen molar-refractivity contribution in [1.29, 1.82) is 0 Å². The molecule has 0 amide bonds. The molecule has 0 saturated carbocycles. The number of rotatable bonds is 2. The van der Waals surface area contributed by atoms with E-state index in [1.54, 1.807) is 0 Å². The molecule has 2 heterocycles. The van der Waals surface area contributed by atoms with Gasteiger partial charge in [-0.15, -0.1) is 5.10 Å². The van der Waals surface area contributed by atoms with Gasteiger partial charge in [0.05, 0.1) is 18.0 Å². The fourth-order valence-electron chi connectivity index (χ4n) is 1.07. The van der Waals surface area contributed by atoms with Crippen LogP contribution in [-0.4, -0.2) is 24.9 Å². The van der Waals surface area contributed by atoms with Crippen LogP contribution in [0.15, 0.2) is 24.5 Å². The molecule has 0 fully saturated rings. The lowest BCUT2D eigenvalue weighted by molar-refractivity contribution is -0.389. The zero-order valence-corrected chi connectivity index (χ0v) is 13.6. The molecule has 21 heavy (non-hydrogen) atoms. The van der Waals surface area contributed by atoms with Crippen molar-refractivity contribution in [3.8, 4) is 0 Å². The molecular formula is C14H25N5O2. The normalized spacial score (nSPS) is 9.71. The molecule has 0 radical (unpaired) electrons. The third kappa shape index (κ3) is 9.37. The van der Waals surface area contributed by atoms with Crippen LogP contribution in [0.3, 0.4) is 0 Å². The van der Waals surface area contributed by atoms with Crippen molar-refractivity contribution < 1.29 is 4.92 Å². The second-order valence-electron chi connectivity index (χ2n) is 5.46. The van der Waals surface area contributed by atoms with Crippen LogP contribution in [0.4, 0.5) is 5.82 Å². The molecule has 0 aliphatic heterocycles. The first kappa shape index (κ1) is 18.8. The molecule has 1 N–H and O–H groups in total. The second-order valence-corrected chi connectivity index (χ2v) is 5.46. The molecule has 7 nitrogen and oxygen atoms in total. The highest BCUT2D eigenvalue weighted by atomic mass is 16.6. The number of aryl methyl sites for hydroxylation is 1. The first-order valence-electron chi connectivity index (χ1n) is 6.89. The Balaban J connectivity index is 0.000000308. The van der Waals surface area contributed by atoms with Gasteiger partial charge >= 0.3 is 5.82 Å². The highest BCUT2D eigenvalue weighted by Gasteiger charge is 1.99. The SMILES string of the molecule is CC(C)C.Cc1ccn(C(C)C)n1.O=[N+]([O-])c1ccn[nH]1. The number of aromatic amines is 1. The maximum atomic E-state index is 9.80. The summed E-state index contributed by atoms with van der Waals surface area (Å²) >= 11 is 0. The minimum absolute atomic E-state index is 0.0787. The largest absolute Gasteiger partial charge is 0.358 e. The van der Waals surface area contributed by atoms with E-state index in [4.69, 9.17) is 0 Å². The lowest BCUT2D eigenvalue weighted by Crippen LogP contribution is -2.00. The molecule has 0 spiro atoms. The van der Waals surface area contributed by atoms with Crippen molar-refractivity contribution in [2.45, 2.75) is 47.6 Å². The molecule has 2 aromatic heterocycles. The molecule has 0 bridgehead atoms. The Morgan fingerprint density at radius 2 is 1.81 bits per heavy atom. The molecule has 118 valence electrons. The van der Waals surface area contributed by atoms with Crippen molar-refractivity contribution in [2.75, 3.05) is 0 Å². The minimum atomic E-state index is -0.535. The van der Waals surface area contributed by atoms with Crippen molar-refractivity contribution in [3.63, 3.8) is 0 Å². The van der Waals surface area contributed by atoms with E-state index in [0.29, 0.717) is 6.04 Å². The topological polar surface area (TPSA) is 89.6 Å². The van der Waals surface area contributed by atoms with Gasteiger partial charge in [-0.1, -0.05) is 25.9 Å². The van der Waals surface area contributed by atoms with Gasteiger partial charge in [0.2, 0.25) is 0 Å². The molecule has 0 aliphatic rings.